The van der Waals surface area contributed by atoms with Gasteiger partial charge in [0.25, 0.3) is 0 Å². The maximum atomic E-state index is 12.2. The van der Waals surface area contributed by atoms with Gasteiger partial charge in [-0.2, -0.15) is 0 Å². The molecule has 2 atom stereocenters. The highest BCUT2D eigenvalue weighted by atomic mass is 35.5. The van der Waals surface area contributed by atoms with E-state index < -0.39 is 21.9 Å². The highest BCUT2D eigenvalue weighted by Crippen LogP contribution is 2.35. The number of hydrogen-bond donors (Lipinski definition) is 2. The van der Waals surface area contributed by atoms with E-state index in [0.717, 1.165) is 11.3 Å². The maximum Gasteiger partial charge on any atom is 0.306 e. The third kappa shape index (κ3) is 3.65. The quantitative estimate of drug-likeness (QED) is 0.867. The Morgan fingerprint density at radius 2 is 2.10 bits per heavy atom. The van der Waals surface area contributed by atoms with E-state index in [4.69, 9.17) is 28.3 Å². The van der Waals surface area contributed by atoms with E-state index >= 15 is 0 Å². The molecule has 1 aliphatic rings. The highest BCUT2D eigenvalue weighted by molar-refractivity contribution is 7.89. The summed E-state index contributed by atoms with van der Waals surface area (Å²) in [7, 11) is -3.77. The van der Waals surface area contributed by atoms with Crippen molar-refractivity contribution in [2.24, 2.45) is 5.92 Å². The molecule has 1 heterocycles. The highest BCUT2D eigenvalue weighted by Gasteiger charge is 2.31. The van der Waals surface area contributed by atoms with Gasteiger partial charge in [0.15, 0.2) is 0 Å². The third-order valence-corrected chi connectivity index (χ3v) is 6.53. The molecule has 5 nitrogen and oxygen atoms in total. The van der Waals surface area contributed by atoms with Gasteiger partial charge in [0.2, 0.25) is 10.0 Å². The van der Waals surface area contributed by atoms with E-state index in [1.165, 1.54) is 6.07 Å². The van der Waals surface area contributed by atoms with Crippen molar-refractivity contribution in [3.05, 3.63) is 14.7 Å². The number of halogens is 2. The minimum absolute atomic E-state index is 0.0494. The number of thiophene rings is 1. The van der Waals surface area contributed by atoms with Crippen molar-refractivity contribution >= 4 is 50.5 Å². The van der Waals surface area contributed by atoms with Gasteiger partial charge in [-0.25, -0.2) is 13.1 Å². The van der Waals surface area contributed by atoms with Crippen molar-refractivity contribution < 1.29 is 18.3 Å². The second-order valence-electron chi connectivity index (χ2n) is 4.71. The molecule has 0 radical (unpaired) electrons. The summed E-state index contributed by atoms with van der Waals surface area (Å²) in [5, 5.41) is 9.00. The molecule has 2 unspecified atom stereocenters. The zero-order chi connectivity index (χ0) is 14.9. The predicted octanol–water partition coefficient (Wildman–Crippen LogP) is 2.98. The average Bonchev–Trinajstić information content (AvgIpc) is 2.69. The lowest BCUT2D eigenvalue weighted by atomic mass is 9.86. The average molecular weight is 358 g/mol. The monoisotopic (exact) mass is 357 g/mol. The van der Waals surface area contributed by atoms with E-state index in [0.29, 0.717) is 30.0 Å². The van der Waals surface area contributed by atoms with Crippen molar-refractivity contribution in [1.29, 1.82) is 0 Å². The van der Waals surface area contributed by atoms with E-state index in [1.54, 1.807) is 0 Å². The summed E-state index contributed by atoms with van der Waals surface area (Å²) in [6.45, 7) is 0. The number of aliphatic carboxylic acids is 1. The van der Waals surface area contributed by atoms with Gasteiger partial charge >= 0.3 is 5.97 Å². The van der Waals surface area contributed by atoms with Crippen molar-refractivity contribution in [2.75, 3.05) is 0 Å². The van der Waals surface area contributed by atoms with Crippen LogP contribution in [-0.4, -0.2) is 25.5 Å². The number of carboxylic acids is 1. The number of sulfonamides is 1. The zero-order valence-electron chi connectivity index (χ0n) is 10.3. The van der Waals surface area contributed by atoms with E-state index in [-0.39, 0.29) is 15.3 Å². The molecule has 1 aromatic rings. The Balaban J connectivity index is 2.12. The van der Waals surface area contributed by atoms with Gasteiger partial charge in [-0.15, -0.1) is 11.3 Å². The lowest BCUT2D eigenvalue weighted by molar-refractivity contribution is -0.143. The standard InChI is InChI=1S/C11H13Cl2NO4S2/c12-9-5-8(10(13)19-9)20(17,18)14-7-3-1-2-6(4-7)11(15)16/h5-7,14H,1-4H2,(H,15,16). The van der Waals surface area contributed by atoms with Crippen molar-refractivity contribution in [3.8, 4) is 0 Å². The smallest absolute Gasteiger partial charge is 0.306 e. The van der Waals surface area contributed by atoms with Crippen molar-refractivity contribution in [3.63, 3.8) is 0 Å². The molecular weight excluding hydrogens is 345 g/mol. The SMILES string of the molecule is O=C(O)C1CCCC(NS(=O)(=O)c2cc(Cl)sc2Cl)C1. The van der Waals surface area contributed by atoms with Gasteiger partial charge in [-0.3, -0.25) is 4.79 Å². The maximum absolute atomic E-state index is 12.2. The second-order valence-corrected chi connectivity index (χ2v) is 8.68. The summed E-state index contributed by atoms with van der Waals surface area (Å²) in [6.07, 6.45) is 2.18. The summed E-state index contributed by atoms with van der Waals surface area (Å²) >= 11 is 12.6. The summed E-state index contributed by atoms with van der Waals surface area (Å²) < 4.78 is 27.4. The molecule has 0 aliphatic heterocycles. The molecule has 20 heavy (non-hydrogen) atoms. The first kappa shape index (κ1) is 16.0. The molecule has 1 aliphatic carbocycles. The number of carbonyl (C=O) groups is 1. The van der Waals surface area contributed by atoms with Crippen molar-refractivity contribution in [2.45, 2.75) is 36.6 Å². The van der Waals surface area contributed by atoms with Crippen LogP contribution in [-0.2, 0) is 14.8 Å². The van der Waals surface area contributed by atoms with Crippen LogP contribution in [0.3, 0.4) is 0 Å². The van der Waals surface area contributed by atoms with E-state index in [1.807, 2.05) is 0 Å². The van der Waals surface area contributed by atoms with E-state index in [9.17, 15) is 13.2 Å². The van der Waals surface area contributed by atoms with Crippen LogP contribution in [0.25, 0.3) is 0 Å². The summed E-state index contributed by atoms with van der Waals surface area (Å²) in [6, 6.07) is 0.915. The van der Waals surface area contributed by atoms with Gasteiger partial charge < -0.3 is 5.11 Å². The summed E-state index contributed by atoms with van der Waals surface area (Å²) in [4.78, 5) is 10.9. The van der Waals surface area contributed by atoms with Gasteiger partial charge in [-0.05, 0) is 25.3 Å². The Hall–Kier alpha value is -0.340. The fraction of sp³-hybridized carbons (Fsp3) is 0.545. The van der Waals surface area contributed by atoms with Crippen LogP contribution in [0.15, 0.2) is 11.0 Å². The largest absolute Gasteiger partial charge is 0.481 e. The predicted molar refractivity (Wildman–Crippen MR) is 78.0 cm³/mol. The second kappa shape index (κ2) is 6.19. The molecule has 9 heteroatoms. The Morgan fingerprint density at radius 1 is 1.40 bits per heavy atom. The lowest BCUT2D eigenvalue weighted by Gasteiger charge is -2.27. The minimum Gasteiger partial charge on any atom is -0.481 e. The van der Waals surface area contributed by atoms with Crippen LogP contribution >= 0.6 is 34.5 Å². The van der Waals surface area contributed by atoms with E-state index in [2.05, 4.69) is 4.72 Å². The molecule has 1 fully saturated rings. The first-order chi connectivity index (χ1) is 9.29. The molecule has 112 valence electrons. The fourth-order valence-electron chi connectivity index (χ4n) is 2.31. The number of carboxylic acid groups (broad SMARTS) is 1. The van der Waals surface area contributed by atoms with Gasteiger partial charge in [-0.1, -0.05) is 29.6 Å². The molecule has 0 spiro atoms. The number of hydrogen-bond acceptors (Lipinski definition) is 4. The Labute approximate surface area is 130 Å². The molecule has 2 rings (SSSR count). The topological polar surface area (TPSA) is 83.5 Å². The van der Waals surface area contributed by atoms with Gasteiger partial charge in [0.05, 0.1) is 10.3 Å². The molecule has 1 aromatic heterocycles. The molecular formula is C11H13Cl2NO4S2. The lowest BCUT2D eigenvalue weighted by Crippen LogP contribution is -2.39. The van der Waals surface area contributed by atoms with Gasteiger partial charge in [0.1, 0.15) is 9.23 Å². The summed E-state index contributed by atoms with van der Waals surface area (Å²) in [5.74, 6) is -1.39. The van der Waals surface area contributed by atoms with Crippen molar-refractivity contribution in [1.82, 2.24) is 4.72 Å². The Morgan fingerprint density at radius 3 is 2.65 bits per heavy atom. The van der Waals surface area contributed by atoms with Crippen LogP contribution in [0.4, 0.5) is 0 Å². The summed E-state index contributed by atoms with van der Waals surface area (Å²) in [5.41, 5.74) is 0. The molecule has 0 aromatic carbocycles. The van der Waals surface area contributed by atoms with Crippen LogP contribution in [0.5, 0.6) is 0 Å². The Kier molecular flexibility index (Phi) is 4.96. The van der Waals surface area contributed by atoms with Crippen LogP contribution in [0.1, 0.15) is 25.7 Å². The normalized spacial score (nSPS) is 23.7. The first-order valence-corrected chi connectivity index (χ1v) is 9.05. The minimum atomic E-state index is -3.77. The first-order valence-electron chi connectivity index (χ1n) is 5.99. The third-order valence-electron chi connectivity index (χ3n) is 3.26. The number of rotatable bonds is 4. The zero-order valence-corrected chi connectivity index (χ0v) is 13.4. The molecule has 0 amide bonds. The van der Waals surface area contributed by atoms with Crippen LogP contribution < -0.4 is 4.72 Å². The molecule has 0 bridgehead atoms. The van der Waals surface area contributed by atoms with Crippen LogP contribution in [0.2, 0.25) is 8.67 Å². The number of nitrogens with one attached hydrogen (secondary N) is 1. The molecule has 1 saturated carbocycles. The fourth-order valence-corrected chi connectivity index (χ4v) is 5.75. The Bertz CT molecular complexity index is 614. The molecule has 0 saturated heterocycles. The molecule has 2 N–H and O–H groups in total. The van der Waals surface area contributed by atoms with Crippen LogP contribution in [0, 0.1) is 5.92 Å². The van der Waals surface area contributed by atoms with Gasteiger partial charge in [0, 0.05) is 6.04 Å².